The van der Waals surface area contributed by atoms with Crippen molar-refractivity contribution in [3.8, 4) is 0 Å². The standard InChI is InChI=1S/C14H24O6/c1-5-13(6-2)9-19-14(20-10-13,7-11(15)17-3)8-12(16)18-4/h5-10H2,1-4H3. The van der Waals surface area contributed by atoms with Crippen LogP contribution in [0.15, 0.2) is 0 Å². The molecule has 0 aromatic heterocycles. The number of carbonyl (C=O) groups excluding carboxylic acids is 2. The van der Waals surface area contributed by atoms with Crippen LogP contribution in [0.5, 0.6) is 0 Å². The molecule has 1 rings (SSSR count). The van der Waals surface area contributed by atoms with Gasteiger partial charge in [0.2, 0.25) is 0 Å². The molecule has 116 valence electrons. The van der Waals surface area contributed by atoms with E-state index < -0.39 is 17.7 Å². The molecule has 6 heteroatoms. The number of hydrogen-bond donors (Lipinski definition) is 0. The van der Waals surface area contributed by atoms with Gasteiger partial charge >= 0.3 is 11.9 Å². The lowest BCUT2D eigenvalue weighted by Gasteiger charge is -2.45. The zero-order valence-electron chi connectivity index (χ0n) is 12.7. The summed E-state index contributed by atoms with van der Waals surface area (Å²) >= 11 is 0. The summed E-state index contributed by atoms with van der Waals surface area (Å²) in [5, 5.41) is 0. The predicted molar refractivity (Wildman–Crippen MR) is 70.9 cm³/mol. The van der Waals surface area contributed by atoms with Crippen molar-refractivity contribution in [2.24, 2.45) is 5.41 Å². The quantitative estimate of drug-likeness (QED) is 0.692. The molecule has 0 radical (unpaired) electrons. The number of methoxy groups -OCH3 is 2. The van der Waals surface area contributed by atoms with Crippen LogP contribution in [0.25, 0.3) is 0 Å². The van der Waals surface area contributed by atoms with Gasteiger partial charge in [-0.1, -0.05) is 13.8 Å². The molecule has 0 bridgehead atoms. The molecule has 1 aliphatic rings. The van der Waals surface area contributed by atoms with E-state index in [1.165, 1.54) is 14.2 Å². The van der Waals surface area contributed by atoms with Gasteiger partial charge in [-0.25, -0.2) is 0 Å². The zero-order chi connectivity index (χ0) is 15.2. The van der Waals surface area contributed by atoms with Gasteiger partial charge in [0.05, 0.1) is 27.4 Å². The fourth-order valence-corrected chi connectivity index (χ4v) is 2.16. The first-order valence-corrected chi connectivity index (χ1v) is 6.86. The summed E-state index contributed by atoms with van der Waals surface area (Å²) in [7, 11) is 2.58. The molecule has 0 spiro atoms. The molecule has 0 aromatic rings. The van der Waals surface area contributed by atoms with E-state index in [4.69, 9.17) is 9.47 Å². The SMILES string of the molecule is CCC1(CC)COC(CC(=O)OC)(CC(=O)OC)OC1. The molecule has 0 N–H and O–H groups in total. The molecule has 1 fully saturated rings. The van der Waals surface area contributed by atoms with E-state index in [-0.39, 0.29) is 18.3 Å². The molecular weight excluding hydrogens is 264 g/mol. The molecule has 1 heterocycles. The summed E-state index contributed by atoms with van der Waals surface area (Å²) in [5.74, 6) is -2.22. The summed E-state index contributed by atoms with van der Waals surface area (Å²) in [6.07, 6.45) is 1.58. The Hall–Kier alpha value is -1.14. The minimum atomic E-state index is -1.27. The second-order valence-corrected chi connectivity index (χ2v) is 5.20. The summed E-state index contributed by atoms with van der Waals surface area (Å²) in [6.45, 7) is 5.05. The summed E-state index contributed by atoms with van der Waals surface area (Å²) in [5.41, 5.74) is -0.0598. The Balaban J connectivity index is 2.81. The van der Waals surface area contributed by atoms with Gasteiger partial charge in [0, 0.05) is 5.41 Å². The van der Waals surface area contributed by atoms with E-state index in [0.29, 0.717) is 13.2 Å². The average Bonchev–Trinajstić information content (AvgIpc) is 2.48. The van der Waals surface area contributed by atoms with E-state index in [0.717, 1.165) is 12.8 Å². The van der Waals surface area contributed by atoms with Crippen LogP contribution in [0.3, 0.4) is 0 Å². The van der Waals surface area contributed by atoms with Gasteiger partial charge in [0.15, 0.2) is 5.79 Å². The van der Waals surface area contributed by atoms with Gasteiger partial charge in [-0.3, -0.25) is 9.59 Å². The highest BCUT2D eigenvalue weighted by Crippen LogP contribution is 2.38. The van der Waals surface area contributed by atoms with Gasteiger partial charge in [0.1, 0.15) is 12.8 Å². The number of carbonyl (C=O) groups is 2. The van der Waals surface area contributed by atoms with Crippen molar-refractivity contribution in [2.75, 3.05) is 27.4 Å². The summed E-state index contributed by atoms with van der Waals surface area (Å²) in [4.78, 5) is 23.0. The lowest BCUT2D eigenvalue weighted by atomic mass is 9.83. The smallest absolute Gasteiger partial charge is 0.311 e. The molecule has 20 heavy (non-hydrogen) atoms. The molecule has 0 aromatic carbocycles. The third kappa shape index (κ3) is 3.93. The number of ether oxygens (including phenoxy) is 4. The van der Waals surface area contributed by atoms with Crippen LogP contribution in [0.1, 0.15) is 39.5 Å². The van der Waals surface area contributed by atoms with E-state index in [1.807, 2.05) is 0 Å². The Labute approximate surface area is 119 Å². The molecule has 0 unspecified atom stereocenters. The Morgan fingerprint density at radius 1 is 0.950 bits per heavy atom. The first-order valence-electron chi connectivity index (χ1n) is 6.86. The molecule has 6 nitrogen and oxygen atoms in total. The van der Waals surface area contributed by atoms with Gasteiger partial charge in [-0.2, -0.15) is 0 Å². The number of hydrogen-bond acceptors (Lipinski definition) is 6. The van der Waals surface area contributed by atoms with Crippen LogP contribution in [-0.2, 0) is 28.5 Å². The average molecular weight is 288 g/mol. The maximum Gasteiger partial charge on any atom is 0.311 e. The van der Waals surface area contributed by atoms with Crippen LogP contribution in [0.2, 0.25) is 0 Å². The molecule has 0 saturated carbocycles. The molecule has 0 amide bonds. The van der Waals surface area contributed by atoms with Crippen molar-refractivity contribution < 1.29 is 28.5 Å². The monoisotopic (exact) mass is 288 g/mol. The lowest BCUT2D eigenvalue weighted by Crippen LogP contribution is -2.51. The third-order valence-corrected chi connectivity index (χ3v) is 4.07. The summed E-state index contributed by atoms with van der Waals surface area (Å²) in [6, 6.07) is 0. The Kier molecular flexibility index (Phi) is 5.95. The number of rotatable bonds is 6. The predicted octanol–water partition coefficient (Wildman–Crippen LogP) is 1.66. The van der Waals surface area contributed by atoms with Crippen molar-refractivity contribution in [2.45, 2.75) is 45.3 Å². The van der Waals surface area contributed by atoms with Crippen LogP contribution in [0.4, 0.5) is 0 Å². The van der Waals surface area contributed by atoms with Gasteiger partial charge in [0.25, 0.3) is 0 Å². The fourth-order valence-electron chi connectivity index (χ4n) is 2.16. The van der Waals surface area contributed by atoms with Crippen molar-refractivity contribution in [3.63, 3.8) is 0 Å². The maximum absolute atomic E-state index is 11.5. The van der Waals surface area contributed by atoms with Crippen molar-refractivity contribution in [1.29, 1.82) is 0 Å². The molecule has 1 aliphatic heterocycles. The zero-order valence-corrected chi connectivity index (χ0v) is 12.7. The second-order valence-electron chi connectivity index (χ2n) is 5.20. The number of esters is 2. The topological polar surface area (TPSA) is 71.1 Å². The van der Waals surface area contributed by atoms with Crippen molar-refractivity contribution in [3.05, 3.63) is 0 Å². The molecule has 1 saturated heterocycles. The highest BCUT2D eigenvalue weighted by atomic mass is 16.7. The van der Waals surface area contributed by atoms with Crippen LogP contribution < -0.4 is 0 Å². The largest absolute Gasteiger partial charge is 0.469 e. The van der Waals surface area contributed by atoms with Gasteiger partial charge in [-0.05, 0) is 12.8 Å². The van der Waals surface area contributed by atoms with Gasteiger partial charge < -0.3 is 18.9 Å². The van der Waals surface area contributed by atoms with Crippen LogP contribution in [0, 0.1) is 5.41 Å². The Morgan fingerprint density at radius 3 is 1.65 bits per heavy atom. The molecular formula is C14H24O6. The minimum Gasteiger partial charge on any atom is -0.469 e. The lowest BCUT2D eigenvalue weighted by molar-refractivity contribution is -0.307. The van der Waals surface area contributed by atoms with E-state index in [2.05, 4.69) is 23.3 Å². The van der Waals surface area contributed by atoms with Crippen molar-refractivity contribution >= 4 is 11.9 Å². The third-order valence-electron chi connectivity index (χ3n) is 4.07. The highest BCUT2D eigenvalue weighted by molar-refractivity contribution is 5.74. The maximum atomic E-state index is 11.5. The Bertz CT molecular complexity index is 318. The Morgan fingerprint density at radius 2 is 1.35 bits per heavy atom. The second kappa shape index (κ2) is 7.04. The van der Waals surface area contributed by atoms with Crippen molar-refractivity contribution in [1.82, 2.24) is 0 Å². The van der Waals surface area contributed by atoms with E-state index in [9.17, 15) is 9.59 Å². The summed E-state index contributed by atoms with van der Waals surface area (Å²) < 4.78 is 20.9. The molecule has 0 aliphatic carbocycles. The molecule has 0 atom stereocenters. The highest BCUT2D eigenvalue weighted by Gasteiger charge is 2.46. The van der Waals surface area contributed by atoms with Crippen LogP contribution in [-0.4, -0.2) is 45.2 Å². The normalized spacial score (nSPS) is 20.2. The first kappa shape index (κ1) is 16.9. The van der Waals surface area contributed by atoms with Crippen LogP contribution >= 0.6 is 0 Å². The fraction of sp³-hybridized carbons (Fsp3) is 0.857. The van der Waals surface area contributed by atoms with Gasteiger partial charge in [-0.15, -0.1) is 0 Å². The first-order chi connectivity index (χ1) is 9.44. The van der Waals surface area contributed by atoms with E-state index >= 15 is 0 Å². The van der Waals surface area contributed by atoms with E-state index in [1.54, 1.807) is 0 Å². The minimum absolute atomic E-state index is 0.0598.